The van der Waals surface area contributed by atoms with E-state index in [2.05, 4.69) is 12.2 Å². The number of benzene rings is 1. The Kier molecular flexibility index (Phi) is 5.35. The minimum atomic E-state index is -0.386. The van der Waals surface area contributed by atoms with Gasteiger partial charge in [0.25, 0.3) is 0 Å². The Morgan fingerprint density at radius 3 is 2.09 bits per heavy atom. The van der Waals surface area contributed by atoms with Crippen LogP contribution in [0, 0.1) is 29.6 Å². The van der Waals surface area contributed by atoms with Crippen molar-refractivity contribution in [2.75, 3.05) is 13.7 Å². The van der Waals surface area contributed by atoms with E-state index < -0.39 is 0 Å². The number of amides is 2. The highest BCUT2D eigenvalue weighted by Gasteiger charge is 2.60. The molecule has 3 fully saturated rings. The lowest BCUT2D eigenvalue weighted by molar-refractivity contribution is -0.149. The van der Waals surface area contributed by atoms with E-state index in [4.69, 9.17) is 9.47 Å². The highest BCUT2D eigenvalue weighted by molar-refractivity contribution is 6.06. The van der Waals surface area contributed by atoms with Crippen molar-refractivity contribution in [2.45, 2.75) is 38.1 Å². The van der Waals surface area contributed by atoms with Crippen LogP contribution in [0.25, 0.3) is 0 Å². The Morgan fingerprint density at radius 1 is 0.938 bits per heavy atom. The predicted molar refractivity (Wildman–Crippen MR) is 114 cm³/mol. The van der Waals surface area contributed by atoms with Crippen LogP contribution in [0.15, 0.2) is 36.4 Å². The number of hydrogen-bond donors (Lipinski definition) is 0. The van der Waals surface area contributed by atoms with E-state index in [1.807, 2.05) is 0 Å². The molecule has 2 amide bonds. The first-order valence-electron chi connectivity index (χ1n) is 11.4. The zero-order valence-electron chi connectivity index (χ0n) is 18.1. The topological polar surface area (TPSA) is 90.0 Å². The fourth-order valence-electron chi connectivity index (χ4n) is 5.97. The number of imide groups is 1. The summed E-state index contributed by atoms with van der Waals surface area (Å²) in [5.41, 5.74) is 0.461. The third-order valence-corrected chi connectivity index (χ3v) is 7.66. The van der Waals surface area contributed by atoms with Crippen LogP contribution in [0.3, 0.4) is 0 Å². The molecule has 2 bridgehead atoms. The number of carbonyl (C=O) groups is 4. The fraction of sp³-hybridized carbons (Fsp3) is 0.520. The summed E-state index contributed by atoms with van der Waals surface area (Å²) in [5.74, 6) is -0.282. The standard InChI is InChI=1S/C25H27NO6/c1-31-19-10-6-14(7-11-19)20(27)13-32-25(30)15-4-8-18(9-5-15)26-23(28)21-16-2-3-17(12-16)22(21)24(26)29/h2-3,6-7,10-11,15-18,21-22H,4-5,8-9,12-13H2,1H3/t15?,16-,17-,18?,21-,22-/m0/s1. The Labute approximate surface area is 186 Å². The summed E-state index contributed by atoms with van der Waals surface area (Å²) < 4.78 is 10.4. The van der Waals surface area contributed by atoms with Crippen molar-refractivity contribution in [2.24, 2.45) is 29.6 Å². The van der Waals surface area contributed by atoms with Crippen LogP contribution >= 0.6 is 0 Å². The van der Waals surface area contributed by atoms with Gasteiger partial charge in [0, 0.05) is 11.6 Å². The molecule has 0 spiro atoms. The number of hydrogen-bond acceptors (Lipinski definition) is 6. The number of allylic oxidation sites excluding steroid dienone is 2. The number of methoxy groups -OCH3 is 1. The summed E-state index contributed by atoms with van der Waals surface area (Å²) in [7, 11) is 1.55. The average molecular weight is 437 g/mol. The van der Waals surface area contributed by atoms with Gasteiger partial charge in [-0.25, -0.2) is 0 Å². The summed E-state index contributed by atoms with van der Waals surface area (Å²) >= 11 is 0. The molecular weight excluding hydrogens is 410 g/mol. The molecule has 0 unspecified atom stereocenters. The summed E-state index contributed by atoms with van der Waals surface area (Å²) in [6, 6.07) is 6.52. The number of ether oxygens (including phenoxy) is 2. The van der Waals surface area contributed by atoms with E-state index in [0.29, 0.717) is 37.0 Å². The smallest absolute Gasteiger partial charge is 0.309 e. The molecule has 7 heteroatoms. The van der Waals surface area contributed by atoms with Gasteiger partial charge < -0.3 is 9.47 Å². The predicted octanol–water partition coefficient (Wildman–Crippen LogP) is 2.79. The number of ketones is 1. The van der Waals surface area contributed by atoms with E-state index in [1.165, 1.54) is 4.90 Å². The molecule has 5 rings (SSSR count). The molecule has 32 heavy (non-hydrogen) atoms. The molecule has 1 heterocycles. The Bertz CT molecular complexity index is 945. The van der Waals surface area contributed by atoms with Crippen LogP contribution in [-0.4, -0.2) is 48.2 Å². The van der Waals surface area contributed by atoms with E-state index in [9.17, 15) is 19.2 Å². The average Bonchev–Trinajstić information content (AvgIpc) is 3.51. The Hall–Kier alpha value is -2.96. The lowest BCUT2D eigenvalue weighted by Crippen LogP contribution is -2.44. The number of fused-ring (bicyclic) bond motifs is 5. The number of carbonyl (C=O) groups excluding carboxylic acids is 4. The van der Waals surface area contributed by atoms with Gasteiger partial charge in [0.05, 0.1) is 24.9 Å². The molecule has 7 nitrogen and oxygen atoms in total. The number of nitrogens with zero attached hydrogens (tertiary/aromatic N) is 1. The van der Waals surface area contributed by atoms with Gasteiger partial charge in [0.2, 0.25) is 11.8 Å². The summed E-state index contributed by atoms with van der Waals surface area (Å²) in [6.07, 6.45) is 7.43. The van der Waals surface area contributed by atoms with E-state index in [0.717, 1.165) is 6.42 Å². The highest BCUT2D eigenvalue weighted by atomic mass is 16.5. The Balaban J connectivity index is 1.12. The highest BCUT2D eigenvalue weighted by Crippen LogP contribution is 2.53. The third-order valence-electron chi connectivity index (χ3n) is 7.66. The van der Waals surface area contributed by atoms with Crippen molar-refractivity contribution in [3.8, 4) is 5.75 Å². The molecule has 0 N–H and O–H groups in total. The first kappa shape index (κ1) is 20.9. The quantitative estimate of drug-likeness (QED) is 0.294. The van der Waals surface area contributed by atoms with Gasteiger partial charge in [0.1, 0.15) is 5.75 Å². The number of likely N-dealkylation sites (tertiary alicyclic amines) is 1. The summed E-state index contributed by atoms with van der Waals surface area (Å²) in [5, 5.41) is 0. The van der Waals surface area contributed by atoms with Crippen LogP contribution in [0.1, 0.15) is 42.5 Å². The van der Waals surface area contributed by atoms with E-state index in [-0.39, 0.29) is 65.8 Å². The number of Topliss-reactive ketones (excluding diaryl/α,β-unsaturated/α-hetero) is 1. The maximum absolute atomic E-state index is 13.0. The first-order chi connectivity index (χ1) is 15.5. The third kappa shape index (κ3) is 3.44. The molecule has 2 saturated carbocycles. The van der Waals surface area contributed by atoms with E-state index in [1.54, 1.807) is 31.4 Å². The lowest BCUT2D eigenvalue weighted by Gasteiger charge is -2.33. The summed E-state index contributed by atoms with van der Waals surface area (Å²) in [4.78, 5) is 52.3. The van der Waals surface area contributed by atoms with Crippen molar-refractivity contribution in [1.29, 1.82) is 0 Å². The van der Waals surface area contributed by atoms with Crippen molar-refractivity contribution in [3.63, 3.8) is 0 Å². The second-order valence-corrected chi connectivity index (χ2v) is 9.31. The molecule has 4 aliphatic rings. The van der Waals surface area contributed by atoms with Crippen molar-refractivity contribution in [1.82, 2.24) is 4.90 Å². The molecule has 0 aromatic heterocycles. The van der Waals surface area contributed by atoms with Gasteiger partial charge in [-0.15, -0.1) is 0 Å². The molecule has 0 radical (unpaired) electrons. The maximum atomic E-state index is 13.0. The largest absolute Gasteiger partial charge is 0.497 e. The minimum absolute atomic E-state index is 0.0204. The Morgan fingerprint density at radius 2 is 1.53 bits per heavy atom. The molecule has 168 valence electrons. The molecule has 1 aromatic rings. The van der Waals surface area contributed by atoms with Crippen LogP contribution in [-0.2, 0) is 19.1 Å². The first-order valence-corrected chi connectivity index (χ1v) is 11.4. The van der Waals surface area contributed by atoms with E-state index >= 15 is 0 Å². The molecule has 1 aliphatic heterocycles. The molecule has 1 saturated heterocycles. The maximum Gasteiger partial charge on any atom is 0.309 e. The van der Waals surface area contributed by atoms with Crippen molar-refractivity contribution < 1.29 is 28.7 Å². The zero-order chi connectivity index (χ0) is 22.4. The molecule has 3 aliphatic carbocycles. The second kappa shape index (κ2) is 8.19. The van der Waals surface area contributed by atoms with Gasteiger partial charge >= 0.3 is 5.97 Å². The SMILES string of the molecule is COc1ccc(C(=O)COC(=O)C2CCC(N3C(=O)[C@@H]4[C@@H](C3=O)[C@H]3C=C[C@H]4C3)CC2)cc1. The zero-order valence-corrected chi connectivity index (χ0v) is 18.1. The van der Waals surface area contributed by atoms with Gasteiger partial charge in [-0.05, 0) is 68.2 Å². The normalized spacial score (nSPS) is 32.8. The molecular formula is C25H27NO6. The second-order valence-electron chi connectivity index (χ2n) is 9.31. The molecule has 4 atom stereocenters. The van der Waals surface area contributed by atoms with Crippen LogP contribution in [0.4, 0.5) is 0 Å². The monoisotopic (exact) mass is 437 g/mol. The van der Waals surface area contributed by atoms with Gasteiger partial charge in [-0.2, -0.15) is 0 Å². The lowest BCUT2D eigenvalue weighted by atomic mass is 9.85. The number of esters is 1. The molecule has 1 aromatic carbocycles. The fourth-order valence-corrected chi connectivity index (χ4v) is 5.97. The van der Waals surface area contributed by atoms with Crippen molar-refractivity contribution >= 4 is 23.6 Å². The van der Waals surface area contributed by atoms with Crippen LogP contribution in [0.5, 0.6) is 5.75 Å². The van der Waals surface area contributed by atoms with Gasteiger partial charge in [-0.1, -0.05) is 12.2 Å². The number of rotatable bonds is 6. The van der Waals surface area contributed by atoms with Crippen molar-refractivity contribution in [3.05, 3.63) is 42.0 Å². The van der Waals surface area contributed by atoms with Crippen LogP contribution in [0.2, 0.25) is 0 Å². The minimum Gasteiger partial charge on any atom is -0.497 e. The van der Waals surface area contributed by atoms with Gasteiger partial charge in [0.15, 0.2) is 12.4 Å². The van der Waals surface area contributed by atoms with Gasteiger partial charge in [-0.3, -0.25) is 24.1 Å². The summed E-state index contributed by atoms with van der Waals surface area (Å²) in [6.45, 7) is -0.298. The van der Waals surface area contributed by atoms with Crippen LogP contribution < -0.4 is 4.74 Å².